The molecule has 1 aromatic heterocycles. The number of nitrogens with one attached hydrogen (secondary N) is 2. The Labute approximate surface area is 144 Å². The van der Waals surface area contributed by atoms with Crippen molar-refractivity contribution >= 4 is 34.1 Å². The summed E-state index contributed by atoms with van der Waals surface area (Å²) in [5.74, 6) is 0.268. The minimum Gasteiger partial charge on any atom is -0.325 e. The maximum atomic E-state index is 12.6. The van der Waals surface area contributed by atoms with Crippen LogP contribution in [-0.4, -0.2) is 16.1 Å². The molecule has 1 fully saturated rings. The zero-order valence-corrected chi connectivity index (χ0v) is 13.9. The van der Waals surface area contributed by atoms with E-state index >= 15 is 0 Å². The molecule has 2 heterocycles. The summed E-state index contributed by atoms with van der Waals surface area (Å²) in [4.78, 5) is 12.6. The lowest BCUT2D eigenvalue weighted by molar-refractivity contribution is -0.118. The highest BCUT2D eigenvalue weighted by Gasteiger charge is 2.65. The number of benzene rings is 2. The fraction of sp³-hybridized carbons (Fsp3) is 0.263. The number of carbonyl (C=O) groups excluding carboxylic acids is 1. The van der Waals surface area contributed by atoms with Gasteiger partial charge in [0.05, 0.1) is 10.9 Å². The molecule has 2 aromatic carbocycles. The predicted molar refractivity (Wildman–Crippen MR) is 94.6 cm³/mol. The number of aryl methyl sites for hydroxylation is 1. The van der Waals surface area contributed by atoms with Crippen LogP contribution in [0.4, 0.5) is 5.69 Å². The summed E-state index contributed by atoms with van der Waals surface area (Å²) in [5.41, 5.74) is 4.74. The highest BCUT2D eigenvalue weighted by Crippen LogP contribution is 2.65. The normalized spacial score (nSPS) is 24.4. The summed E-state index contributed by atoms with van der Waals surface area (Å²) in [6, 6.07) is 12.0. The van der Waals surface area contributed by atoms with Gasteiger partial charge >= 0.3 is 0 Å². The Bertz CT molecular complexity index is 1010. The molecule has 3 aromatic rings. The van der Waals surface area contributed by atoms with Gasteiger partial charge in [-0.1, -0.05) is 30.7 Å². The maximum absolute atomic E-state index is 12.6. The molecule has 1 amide bonds. The van der Waals surface area contributed by atoms with Crippen molar-refractivity contribution in [3.8, 4) is 0 Å². The van der Waals surface area contributed by atoms with Crippen molar-refractivity contribution in [2.24, 2.45) is 0 Å². The molecule has 2 unspecified atom stereocenters. The highest BCUT2D eigenvalue weighted by atomic mass is 35.5. The van der Waals surface area contributed by atoms with E-state index in [0.717, 1.165) is 40.7 Å². The number of aromatic nitrogens is 2. The number of aromatic amines is 1. The van der Waals surface area contributed by atoms with Gasteiger partial charge in [-0.15, -0.1) is 0 Å². The van der Waals surface area contributed by atoms with E-state index in [4.69, 9.17) is 11.6 Å². The molecule has 1 saturated carbocycles. The second-order valence-electron chi connectivity index (χ2n) is 6.70. The first kappa shape index (κ1) is 14.1. The van der Waals surface area contributed by atoms with Gasteiger partial charge in [-0.25, -0.2) is 0 Å². The second-order valence-corrected chi connectivity index (χ2v) is 7.14. The molecule has 4 nitrogen and oxygen atoms in total. The van der Waals surface area contributed by atoms with E-state index < -0.39 is 5.41 Å². The van der Waals surface area contributed by atoms with Gasteiger partial charge in [0, 0.05) is 27.7 Å². The summed E-state index contributed by atoms with van der Waals surface area (Å²) < 4.78 is 0. The van der Waals surface area contributed by atoms with Gasteiger partial charge in [0.2, 0.25) is 5.91 Å². The molecule has 120 valence electrons. The van der Waals surface area contributed by atoms with Crippen LogP contribution in [0.25, 0.3) is 10.9 Å². The first-order valence-corrected chi connectivity index (χ1v) is 8.59. The molecule has 2 aliphatic rings. The summed E-state index contributed by atoms with van der Waals surface area (Å²) >= 11 is 6.16. The van der Waals surface area contributed by atoms with E-state index in [1.54, 1.807) is 0 Å². The minimum atomic E-state index is -0.461. The number of rotatable bonds is 2. The number of anilines is 1. The van der Waals surface area contributed by atoms with Crippen molar-refractivity contribution in [1.29, 1.82) is 0 Å². The van der Waals surface area contributed by atoms with E-state index in [1.165, 1.54) is 5.56 Å². The summed E-state index contributed by atoms with van der Waals surface area (Å²) in [5, 5.41) is 12.3. The number of hydrogen-bond donors (Lipinski definition) is 2. The standard InChI is InChI=1S/C19H16ClN3O/c1-2-15-12-5-3-10(7-17(12)23-22-15)14-9-19(14)13-8-11(20)4-6-16(13)21-18(19)24/h3-8,14H,2,9H2,1H3,(H,21,24)(H,22,23). The largest absolute Gasteiger partial charge is 0.325 e. The third-order valence-corrected chi connectivity index (χ3v) is 5.73. The van der Waals surface area contributed by atoms with E-state index in [2.05, 4.69) is 40.6 Å². The minimum absolute atomic E-state index is 0.0844. The Morgan fingerprint density at radius 1 is 1.29 bits per heavy atom. The van der Waals surface area contributed by atoms with E-state index in [-0.39, 0.29) is 11.8 Å². The number of carbonyl (C=O) groups is 1. The lowest BCUT2D eigenvalue weighted by Gasteiger charge is -2.09. The Hall–Kier alpha value is -2.33. The number of halogens is 1. The summed E-state index contributed by atoms with van der Waals surface area (Å²) in [6.07, 6.45) is 1.75. The van der Waals surface area contributed by atoms with E-state index in [0.29, 0.717) is 5.02 Å². The monoisotopic (exact) mass is 337 g/mol. The molecular weight excluding hydrogens is 322 g/mol. The first-order chi connectivity index (χ1) is 11.6. The van der Waals surface area contributed by atoms with Crippen LogP contribution in [0.5, 0.6) is 0 Å². The van der Waals surface area contributed by atoms with Gasteiger partial charge in [0.1, 0.15) is 0 Å². The first-order valence-electron chi connectivity index (χ1n) is 8.22. The second kappa shape index (κ2) is 4.61. The Balaban J connectivity index is 1.59. The molecule has 0 radical (unpaired) electrons. The van der Waals surface area contributed by atoms with Gasteiger partial charge < -0.3 is 5.32 Å². The van der Waals surface area contributed by atoms with Crippen LogP contribution in [0.15, 0.2) is 36.4 Å². The average Bonchev–Trinajstić information content (AvgIpc) is 3.12. The van der Waals surface area contributed by atoms with Crippen LogP contribution in [0.3, 0.4) is 0 Å². The molecule has 24 heavy (non-hydrogen) atoms. The van der Waals surface area contributed by atoms with Crippen molar-refractivity contribution in [3.05, 3.63) is 58.2 Å². The van der Waals surface area contributed by atoms with Crippen molar-refractivity contribution in [2.75, 3.05) is 5.32 Å². The van der Waals surface area contributed by atoms with Crippen LogP contribution < -0.4 is 5.32 Å². The van der Waals surface area contributed by atoms with Crippen LogP contribution in [0.1, 0.15) is 36.1 Å². The number of H-pyrrole nitrogens is 1. The third kappa shape index (κ3) is 1.69. The lowest BCUT2D eigenvalue weighted by atomic mass is 9.92. The molecule has 1 aliphatic carbocycles. The molecule has 2 atom stereocenters. The van der Waals surface area contributed by atoms with Crippen molar-refractivity contribution in [2.45, 2.75) is 31.1 Å². The van der Waals surface area contributed by atoms with Crippen LogP contribution in [-0.2, 0) is 16.6 Å². The number of nitrogens with zero attached hydrogens (tertiary/aromatic N) is 1. The fourth-order valence-electron chi connectivity index (χ4n) is 4.14. The average molecular weight is 338 g/mol. The van der Waals surface area contributed by atoms with Gasteiger partial charge in [-0.2, -0.15) is 5.10 Å². The van der Waals surface area contributed by atoms with E-state index in [1.807, 2.05) is 18.2 Å². The number of hydrogen-bond acceptors (Lipinski definition) is 2. The lowest BCUT2D eigenvalue weighted by Crippen LogP contribution is -2.20. The Morgan fingerprint density at radius 3 is 3.00 bits per heavy atom. The van der Waals surface area contributed by atoms with Crippen LogP contribution in [0, 0.1) is 0 Å². The van der Waals surface area contributed by atoms with Crippen LogP contribution >= 0.6 is 11.6 Å². The molecule has 0 saturated heterocycles. The summed E-state index contributed by atoms with van der Waals surface area (Å²) in [7, 11) is 0. The maximum Gasteiger partial charge on any atom is 0.235 e. The van der Waals surface area contributed by atoms with Crippen molar-refractivity contribution < 1.29 is 4.79 Å². The number of amides is 1. The van der Waals surface area contributed by atoms with Gasteiger partial charge in [-0.05, 0) is 48.2 Å². The zero-order chi connectivity index (χ0) is 16.5. The predicted octanol–water partition coefficient (Wildman–Crippen LogP) is 4.16. The van der Waals surface area contributed by atoms with Gasteiger partial charge in [0.15, 0.2) is 0 Å². The van der Waals surface area contributed by atoms with Gasteiger partial charge in [-0.3, -0.25) is 9.89 Å². The molecule has 5 heteroatoms. The Kier molecular flexibility index (Phi) is 2.70. The molecule has 5 rings (SSSR count). The SMILES string of the molecule is CCc1[nH]nc2cc(C3CC34C(=O)Nc3ccc(Cl)cc34)ccc12. The molecule has 1 spiro atoms. The van der Waals surface area contributed by atoms with Crippen molar-refractivity contribution in [1.82, 2.24) is 10.2 Å². The molecular formula is C19H16ClN3O. The Morgan fingerprint density at radius 2 is 2.17 bits per heavy atom. The molecule has 2 N–H and O–H groups in total. The highest BCUT2D eigenvalue weighted by molar-refractivity contribution is 6.31. The van der Waals surface area contributed by atoms with E-state index in [9.17, 15) is 4.79 Å². The van der Waals surface area contributed by atoms with Crippen LogP contribution in [0.2, 0.25) is 5.02 Å². The topological polar surface area (TPSA) is 57.8 Å². The third-order valence-electron chi connectivity index (χ3n) is 5.49. The van der Waals surface area contributed by atoms with Crippen molar-refractivity contribution in [3.63, 3.8) is 0 Å². The fourth-order valence-corrected chi connectivity index (χ4v) is 4.31. The molecule has 0 bridgehead atoms. The smallest absolute Gasteiger partial charge is 0.235 e. The summed E-state index contributed by atoms with van der Waals surface area (Å²) in [6.45, 7) is 2.11. The quantitative estimate of drug-likeness (QED) is 0.737. The number of fused-ring (bicyclic) bond motifs is 3. The van der Waals surface area contributed by atoms with Gasteiger partial charge in [0.25, 0.3) is 0 Å². The zero-order valence-electron chi connectivity index (χ0n) is 13.2. The molecule has 1 aliphatic heterocycles.